The van der Waals surface area contributed by atoms with E-state index in [1.807, 2.05) is 19.1 Å². The third-order valence-electron chi connectivity index (χ3n) is 1.85. The van der Waals surface area contributed by atoms with Gasteiger partial charge in [0.05, 0.1) is 12.9 Å². The average molecular weight is 196 g/mol. The lowest BCUT2D eigenvalue weighted by Gasteiger charge is -2.01. The Hall–Kier alpha value is -1.25. The van der Waals surface area contributed by atoms with Crippen LogP contribution in [0.15, 0.2) is 22.8 Å². The van der Waals surface area contributed by atoms with Crippen LogP contribution in [0.1, 0.15) is 31.9 Å². The first-order valence-electron chi connectivity index (χ1n) is 5.01. The molecule has 0 saturated carbocycles. The molecule has 1 aromatic rings. The summed E-state index contributed by atoms with van der Waals surface area (Å²) < 4.78 is 10.1. The van der Waals surface area contributed by atoms with Gasteiger partial charge in [0.2, 0.25) is 0 Å². The van der Waals surface area contributed by atoms with E-state index in [1.165, 1.54) is 0 Å². The Balaban J connectivity index is 2.06. The van der Waals surface area contributed by atoms with Crippen LogP contribution in [0.5, 0.6) is 0 Å². The Morgan fingerprint density at radius 3 is 3.07 bits per heavy atom. The molecule has 0 atom stereocenters. The summed E-state index contributed by atoms with van der Waals surface area (Å²) in [6.07, 6.45) is 4.58. The maximum absolute atomic E-state index is 11.1. The van der Waals surface area contributed by atoms with Crippen molar-refractivity contribution >= 4 is 5.97 Å². The molecule has 0 aliphatic heterocycles. The molecule has 1 aromatic heterocycles. The maximum Gasteiger partial charge on any atom is 0.305 e. The lowest BCUT2D eigenvalue weighted by molar-refractivity contribution is -0.143. The van der Waals surface area contributed by atoms with Crippen LogP contribution >= 0.6 is 0 Å². The number of furan rings is 1. The SMILES string of the molecule is CCCOC(=O)CCCc1ccco1. The van der Waals surface area contributed by atoms with E-state index >= 15 is 0 Å². The number of hydrogen-bond donors (Lipinski definition) is 0. The summed E-state index contributed by atoms with van der Waals surface area (Å²) in [6, 6.07) is 3.77. The highest BCUT2D eigenvalue weighted by Gasteiger charge is 2.02. The minimum atomic E-state index is -0.113. The Kier molecular flexibility index (Phi) is 4.83. The van der Waals surface area contributed by atoms with E-state index < -0.39 is 0 Å². The second kappa shape index (κ2) is 6.24. The second-order valence-electron chi connectivity index (χ2n) is 3.15. The zero-order chi connectivity index (χ0) is 10.2. The van der Waals surface area contributed by atoms with Crippen LogP contribution in [-0.2, 0) is 16.0 Å². The molecular formula is C11H16O3. The van der Waals surface area contributed by atoms with Crippen LogP contribution in [-0.4, -0.2) is 12.6 Å². The highest BCUT2D eigenvalue weighted by Crippen LogP contribution is 2.06. The van der Waals surface area contributed by atoms with Gasteiger partial charge in [-0.3, -0.25) is 4.79 Å². The van der Waals surface area contributed by atoms with E-state index in [2.05, 4.69) is 0 Å². The lowest BCUT2D eigenvalue weighted by Crippen LogP contribution is -2.05. The molecule has 1 heterocycles. The number of carbonyl (C=O) groups is 1. The zero-order valence-electron chi connectivity index (χ0n) is 8.49. The number of carbonyl (C=O) groups excluding carboxylic acids is 1. The first-order valence-corrected chi connectivity index (χ1v) is 5.01. The van der Waals surface area contributed by atoms with Crippen LogP contribution in [0.3, 0.4) is 0 Å². The highest BCUT2D eigenvalue weighted by molar-refractivity contribution is 5.69. The summed E-state index contributed by atoms with van der Waals surface area (Å²) in [5.74, 6) is 0.812. The Bertz CT molecular complexity index is 252. The molecule has 0 radical (unpaired) electrons. The van der Waals surface area contributed by atoms with E-state index in [4.69, 9.17) is 9.15 Å². The normalized spacial score (nSPS) is 10.1. The molecule has 0 saturated heterocycles. The monoisotopic (exact) mass is 196 g/mol. The fourth-order valence-electron chi connectivity index (χ4n) is 1.15. The predicted molar refractivity (Wildman–Crippen MR) is 52.9 cm³/mol. The van der Waals surface area contributed by atoms with Gasteiger partial charge in [-0.2, -0.15) is 0 Å². The van der Waals surface area contributed by atoms with Crippen molar-refractivity contribution in [2.45, 2.75) is 32.6 Å². The standard InChI is InChI=1S/C11H16O3/c1-2-8-14-11(12)7-3-5-10-6-4-9-13-10/h4,6,9H,2-3,5,7-8H2,1H3. The summed E-state index contributed by atoms with van der Waals surface area (Å²) in [7, 11) is 0. The molecule has 78 valence electrons. The van der Waals surface area contributed by atoms with Crippen molar-refractivity contribution in [1.29, 1.82) is 0 Å². The molecule has 1 rings (SSSR count). The van der Waals surface area contributed by atoms with Crippen molar-refractivity contribution in [3.05, 3.63) is 24.2 Å². The van der Waals surface area contributed by atoms with Crippen molar-refractivity contribution < 1.29 is 13.9 Å². The molecular weight excluding hydrogens is 180 g/mol. The van der Waals surface area contributed by atoms with E-state index in [9.17, 15) is 4.79 Å². The van der Waals surface area contributed by atoms with Gasteiger partial charge in [0, 0.05) is 12.8 Å². The van der Waals surface area contributed by atoms with Crippen molar-refractivity contribution in [1.82, 2.24) is 0 Å². The van der Waals surface area contributed by atoms with Crippen LogP contribution in [0, 0.1) is 0 Å². The van der Waals surface area contributed by atoms with E-state index in [0.29, 0.717) is 13.0 Å². The zero-order valence-corrected chi connectivity index (χ0v) is 8.49. The molecule has 0 aliphatic rings. The minimum Gasteiger partial charge on any atom is -0.469 e. The van der Waals surface area contributed by atoms with Gasteiger partial charge in [0.15, 0.2) is 0 Å². The Labute approximate surface area is 84.1 Å². The largest absolute Gasteiger partial charge is 0.469 e. The minimum absolute atomic E-state index is 0.113. The van der Waals surface area contributed by atoms with Crippen molar-refractivity contribution in [2.75, 3.05) is 6.61 Å². The fraction of sp³-hybridized carbons (Fsp3) is 0.545. The maximum atomic E-state index is 11.1. The Morgan fingerprint density at radius 1 is 1.57 bits per heavy atom. The summed E-state index contributed by atoms with van der Waals surface area (Å²) in [6.45, 7) is 2.51. The number of rotatable bonds is 6. The van der Waals surface area contributed by atoms with Gasteiger partial charge in [-0.15, -0.1) is 0 Å². The molecule has 0 aliphatic carbocycles. The van der Waals surface area contributed by atoms with Crippen LogP contribution in [0.4, 0.5) is 0 Å². The fourth-order valence-corrected chi connectivity index (χ4v) is 1.15. The predicted octanol–water partition coefficient (Wildman–Crippen LogP) is 2.56. The third kappa shape index (κ3) is 4.12. The van der Waals surface area contributed by atoms with Gasteiger partial charge in [-0.05, 0) is 25.0 Å². The number of ether oxygens (including phenoxy) is 1. The lowest BCUT2D eigenvalue weighted by atomic mass is 10.2. The quantitative estimate of drug-likeness (QED) is 0.656. The molecule has 3 heteroatoms. The molecule has 0 bridgehead atoms. The van der Waals surface area contributed by atoms with Crippen molar-refractivity contribution in [3.63, 3.8) is 0 Å². The molecule has 0 unspecified atom stereocenters. The van der Waals surface area contributed by atoms with Gasteiger partial charge in [-0.1, -0.05) is 6.92 Å². The summed E-state index contributed by atoms with van der Waals surface area (Å²) in [4.78, 5) is 11.1. The smallest absolute Gasteiger partial charge is 0.305 e. The first kappa shape index (κ1) is 10.8. The van der Waals surface area contributed by atoms with Crippen molar-refractivity contribution in [2.24, 2.45) is 0 Å². The molecule has 3 nitrogen and oxygen atoms in total. The van der Waals surface area contributed by atoms with Crippen molar-refractivity contribution in [3.8, 4) is 0 Å². The van der Waals surface area contributed by atoms with E-state index in [1.54, 1.807) is 6.26 Å². The topological polar surface area (TPSA) is 39.4 Å². The summed E-state index contributed by atoms with van der Waals surface area (Å²) in [5.41, 5.74) is 0. The molecule has 0 fully saturated rings. The molecule has 0 amide bonds. The van der Waals surface area contributed by atoms with Crippen LogP contribution in [0.25, 0.3) is 0 Å². The molecule has 0 spiro atoms. The first-order chi connectivity index (χ1) is 6.83. The molecule has 0 aromatic carbocycles. The van der Waals surface area contributed by atoms with Crippen LogP contribution in [0.2, 0.25) is 0 Å². The average Bonchev–Trinajstić information content (AvgIpc) is 2.67. The van der Waals surface area contributed by atoms with Gasteiger partial charge in [0.25, 0.3) is 0 Å². The van der Waals surface area contributed by atoms with E-state index in [0.717, 1.165) is 25.0 Å². The van der Waals surface area contributed by atoms with Gasteiger partial charge in [-0.25, -0.2) is 0 Å². The molecule has 0 N–H and O–H groups in total. The van der Waals surface area contributed by atoms with Gasteiger partial charge in [0.1, 0.15) is 5.76 Å². The van der Waals surface area contributed by atoms with E-state index in [-0.39, 0.29) is 5.97 Å². The number of aryl methyl sites for hydroxylation is 1. The van der Waals surface area contributed by atoms with Gasteiger partial charge >= 0.3 is 5.97 Å². The Morgan fingerprint density at radius 2 is 2.43 bits per heavy atom. The molecule has 14 heavy (non-hydrogen) atoms. The third-order valence-corrected chi connectivity index (χ3v) is 1.85. The number of hydrogen-bond acceptors (Lipinski definition) is 3. The summed E-state index contributed by atoms with van der Waals surface area (Å²) >= 11 is 0. The highest BCUT2D eigenvalue weighted by atomic mass is 16.5. The number of esters is 1. The van der Waals surface area contributed by atoms with Crippen LogP contribution < -0.4 is 0 Å². The van der Waals surface area contributed by atoms with Gasteiger partial charge < -0.3 is 9.15 Å². The second-order valence-corrected chi connectivity index (χ2v) is 3.15. The summed E-state index contributed by atoms with van der Waals surface area (Å²) in [5, 5.41) is 0.